The maximum absolute atomic E-state index is 12.8. The third-order valence-corrected chi connectivity index (χ3v) is 8.24. The van der Waals surface area contributed by atoms with Gasteiger partial charge in [-0.3, -0.25) is 19.3 Å². The molecule has 0 unspecified atom stereocenters. The van der Waals surface area contributed by atoms with Crippen molar-refractivity contribution in [2.75, 3.05) is 18.1 Å². The molecule has 1 aromatic rings. The van der Waals surface area contributed by atoms with E-state index in [0.29, 0.717) is 41.1 Å². The number of carbonyl (C=O) groups is 4. The van der Waals surface area contributed by atoms with Crippen molar-refractivity contribution in [3.05, 3.63) is 22.9 Å². The number of aromatic nitrogens is 4. The van der Waals surface area contributed by atoms with Crippen LogP contribution in [-0.4, -0.2) is 124 Å². The van der Waals surface area contributed by atoms with Crippen molar-refractivity contribution in [2.45, 2.75) is 41.9 Å². The van der Waals surface area contributed by atoms with Crippen molar-refractivity contribution < 1.29 is 24.3 Å². The van der Waals surface area contributed by atoms with Crippen LogP contribution >= 0.6 is 23.5 Å². The number of tetrazole rings is 1. The Morgan fingerprint density at radius 3 is 2.74 bits per heavy atom. The van der Waals surface area contributed by atoms with Gasteiger partial charge in [0.1, 0.15) is 17.1 Å². The number of thioether (sulfide) groups is 2. The predicted octanol–water partition coefficient (Wildman–Crippen LogP) is -1.02. The zero-order valence-electron chi connectivity index (χ0n) is 18.6. The normalized spacial score (nSPS) is 25.3. The summed E-state index contributed by atoms with van der Waals surface area (Å²) in [6.07, 6.45) is 4.25. The van der Waals surface area contributed by atoms with Crippen LogP contribution in [0.2, 0.25) is 0 Å². The first-order valence-corrected chi connectivity index (χ1v) is 12.5. The molecule has 175 valence electrons. The number of rotatable bonds is 7. The summed E-state index contributed by atoms with van der Waals surface area (Å²) in [5, 5.41) is 23.4. The first kappa shape index (κ1) is 25.2. The van der Waals surface area contributed by atoms with E-state index in [9.17, 15) is 24.3 Å². The number of fused-ring (bicyclic) bond motifs is 1. The molecule has 1 saturated carbocycles. The van der Waals surface area contributed by atoms with Gasteiger partial charge < -0.3 is 15.3 Å². The minimum absolute atomic E-state index is 0. The Bertz CT molecular complexity index is 1120. The number of carboxylic acid groups (broad SMARTS) is 1. The molecule has 4 heterocycles. The third kappa shape index (κ3) is 4.65. The number of hydrogen-bond donors (Lipinski definition) is 2. The number of carbonyl (C=O) groups excluding carboxylic acids is 3. The molecule has 5 rings (SSSR count). The molecule has 1 aromatic heterocycles. The second-order valence-electron chi connectivity index (χ2n) is 8.16. The van der Waals surface area contributed by atoms with E-state index in [-0.39, 0.29) is 52.8 Å². The Kier molecular flexibility index (Phi) is 7.43. The maximum atomic E-state index is 12.8. The Balaban J connectivity index is 0.00000274. The Hall–Kier alpha value is -1.87. The van der Waals surface area contributed by atoms with Gasteiger partial charge in [-0.2, -0.15) is 0 Å². The molecular formula is C19H21N7NaO5S2. The molecule has 0 spiro atoms. The summed E-state index contributed by atoms with van der Waals surface area (Å²) in [7, 11) is 1.65. The van der Waals surface area contributed by atoms with Crippen molar-refractivity contribution in [1.29, 1.82) is 0 Å². The van der Waals surface area contributed by atoms with E-state index >= 15 is 0 Å². The average molecular weight is 515 g/mol. The van der Waals surface area contributed by atoms with Crippen LogP contribution in [0.15, 0.2) is 28.1 Å². The van der Waals surface area contributed by atoms with Gasteiger partial charge >= 0.3 is 5.97 Å². The van der Waals surface area contributed by atoms with Crippen LogP contribution in [0.1, 0.15) is 19.3 Å². The molecule has 3 fully saturated rings. The Morgan fingerprint density at radius 1 is 1.32 bits per heavy atom. The number of carboxylic acids is 1. The van der Waals surface area contributed by atoms with Crippen LogP contribution in [0.5, 0.6) is 0 Å². The number of nitrogens with zero attached hydrogens (tertiary/aromatic N) is 6. The van der Waals surface area contributed by atoms with Gasteiger partial charge in [-0.25, -0.2) is 9.48 Å². The molecule has 3 aliphatic heterocycles. The predicted molar refractivity (Wildman–Crippen MR) is 122 cm³/mol. The molecular weight excluding hydrogens is 493 g/mol. The summed E-state index contributed by atoms with van der Waals surface area (Å²) in [6, 6.07) is -0.492. The molecule has 15 heteroatoms. The second kappa shape index (κ2) is 10.0. The molecule has 34 heavy (non-hydrogen) atoms. The van der Waals surface area contributed by atoms with Crippen LogP contribution in [0.4, 0.5) is 0 Å². The van der Waals surface area contributed by atoms with Crippen LogP contribution in [0.3, 0.4) is 0 Å². The summed E-state index contributed by atoms with van der Waals surface area (Å²) in [6.45, 7) is 0.653. The third-order valence-electron chi connectivity index (χ3n) is 5.92. The minimum Gasteiger partial charge on any atom is -0.477 e. The quantitative estimate of drug-likeness (QED) is 0.200. The number of aliphatic carboxylic acids is 1. The van der Waals surface area contributed by atoms with Crippen molar-refractivity contribution in [1.82, 2.24) is 35.3 Å². The number of β-lactam (4-membered cyclic amide) rings is 1. The van der Waals surface area contributed by atoms with E-state index in [1.807, 2.05) is 4.90 Å². The molecule has 2 N–H and O–H groups in total. The van der Waals surface area contributed by atoms with E-state index in [4.69, 9.17) is 0 Å². The number of hydrogen-bond acceptors (Lipinski definition) is 9. The van der Waals surface area contributed by atoms with Crippen LogP contribution in [-0.2, 0) is 26.2 Å². The van der Waals surface area contributed by atoms with Gasteiger partial charge in [-0.15, -0.1) is 16.9 Å². The van der Waals surface area contributed by atoms with E-state index < -0.39 is 23.3 Å². The molecule has 1 radical (unpaired) electrons. The van der Waals surface area contributed by atoms with Crippen molar-refractivity contribution >= 4 is 76.8 Å². The summed E-state index contributed by atoms with van der Waals surface area (Å²) in [4.78, 5) is 52.9. The number of allylic oxidation sites excluding steroid dienone is 1. The SMILES string of the molecule is Cn1nnnc1SCC(=O)N[C@@H]1C(=O)N2C(C(=O)O)=C(/C=C3\CCN(C4CC4)C3=O)CS[C@H]12.[Na]. The van der Waals surface area contributed by atoms with Crippen LogP contribution in [0, 0.1) is 0 Å². The standard InChI is InChI=1S/C19H21N7O5S2.Na/c1-24-19(21-22-23-24)33-8-12(27)20-13-16(29)26-14(18(30)31)10(7-32-17(13)26)6-9-4-5-25(15(9)28)11-2-3-11;/h6,11,13,17H,2-5,7-8H2,1H3,(H,20,27)(H,30,31);/b9-6+;/t13-,17-;/m1./s1. The maximum Gasteiger partial charge on any atom is 0.352 e. The second-order valence-corrected chi connectivity index (χ2v) is 10.2. The van der Waals surface area contributed by atoms with Crippen LogP contribution in [0.25, 0.3) is 0 Å². The van der Waals surface area contributed by atoms with Gasteiger partial charge in [0.05, 0.1) is 5.75 Å². The number of nitrogens with one attached hydrogen (secondary N) is 1. The largest absolute Gasteiger partial charge is 0.477 e. The fourth-order valence-electron chi connectivity index (χ4n) is 4.16. The van der Waals surface area contributed by atoms with Gasteiger partial charge in [-0.1, -0.05) is 11.8 Å². The van der Waals surface area contributed by atoms with Crippen molar-refractivity contribution in [2.24, 2.45) is 7.05 Å². The van der Waals surface area contributed by atoms with Gasteiger partial charge in [-0.05, 0) is 41.3 Å². The number of likely N-dealkylation sites (tertiary alicyclic amines) is 1. The molecule has 0 aromatic carbocycles. The van der Waals surface area contributed by atoms with Crippen molar-refractivity contribution in [3.8, 4) is 0 Å². The van der Waals surface area contributed by atoms with E-state index in [1.54, 1.807) is 13.1 Å². The number of aryl methyl sites for hydroxylation is 1. The summed E-state index contributed by atoms with van der Waals surface area (Å²) >= 11 is 2.51. The first-order valence-electron chi connectivity index (χ1n) is 10.4. The van der Waals surface area contributed by atoms with Gasteiger partial charge in [0, 0.05) is 60.5 Å². The van der Waals surface area contributed by atoms with E-state index in [0.717, 1.165) is 24.6 Å². The molecule has 2 atom stereocenters. The van der Waals surface area contributed by atoms with Gasteiger partial charge in [0.15, 0.2) is 0 Å². The van der Waals surface area contributed by atoms with Crippen molar-refractivity contribution in [3.63, 3.8) is 0 Å². The summed E-state index contributed by atoms with van der Waals surface area (Å²) < 4.78 is 1.43. The number of amides is 3. The molecule has 2 saturated heterocycles. The first-order chi connectivity index (χ1) is 15.8. The zero-order valence-corrected chi connectivity index (χ0v) is 22.3. The topological polar surface area (TPSA) is 151 Å². The molecule has 1 aliphatic carbocycles. The Labute approximate surface area is 225 Å². The summed E-state index contributed by atoms with van der Waals surface area (Å²) in [5.74, 6) is -1.75. The van der Waals surface area contributed by atoms with Gasteiger partial charge in [0.2, 0.25) is 17.0 Å². The molecule has 0 bridgehead atoms. The average Bonchev–Trinajstić information content (AvgIpc) is 3.45. The molecule has 4 aliphatic rings. The van der Waals surface area contributed by atoms with Crippen LogP contribution < -0.4 is 5.32 Å². The Morgan fingerprint density at radius 2 is 2.09 bits per heavy atom. The zero-order chi connectivity index (χ0) is 23.3. The van der Waals surface area contributed by atoms with E-state index in [2.05, 4.69) is 20.8 Å². The smallest absolute Gasteiger partial charge is 0.352 e. The van der Waals surface area contributed by atoms with Gasteiger partial charge in [0.25, 0.3) is 5.91 Å². The molecule has 3 amide bonds. The minimum atomic E-state index is -1.22. The molecule has 12 nitrogen and oxygen atoms in total. The monoisotopic (exact) mass is 514 g/mol. The summed E-state index contributed by atoms with van der Waals surface area (Å²) in [5.41, 5.74) is 0.926. The van der Waals surface area contributed by atoms with E-state index in [1.165, 1.54) is 21.3 Å². The fraction of sp³-hybridized carbons (Fsp3) is 0.526. The fourth-order valence-corrected chi connectivity index (χ4v) is 6.12.